The Labute approximate surface area is 121 Å². The predicted octanol–water partition coefficient (Wildman–Crippen LogP) is 2.95. The summed E-state index contributed by atoms with van der Waals surface area (Å²) in [7, 11) is 0. The molecule has 21 heavy (non-hydrogen) atoms. The third kappa shape index (κ3) is 2.30. The number of H-pyrrole nitrogens is 1. The highest BCUT2D eigenvalue weighted by Gasteiger charge is 2.15. The molecule has 1 heterocycles. The van der Waals surface area contributed by atoms with Crippen molar-refractivity contribution in [3.8, 4) is 5.75 Å². The Morgan fingerprint density at radius 1 is 1.24 bits per heavy atom. The minimum absolute atomic E-state index is 0.00955. The largest absolute Gasteiger partial charge is 0.421 e. The predicted molar refractivity (Wildman–Crippen MR) is 82.4 cm³/mol. The summed E-state index contributed by atoms with van der Waals surface area (Å²) in [5.74, 6) is -0.0528. The van der Waals surface area contributed by atoms with Crippen LogP contribution in [0.1, 0.15) is 5.56 Å². The molecule has 0 spiro atoms. The van der Waals surface area contributed by atoms with Crippen LogP contribution in [0.5, 0.6) is 5.75 Å². The quantitative estimate of drug-likeness (QED) is 0.439. The summed E-state index contributed by atoms with van der Waals surface area (Å²) in [6.45, 7) is 3.41. The normalized spacial score (nSPS) is 10.9. The van der Waals surface area contributed by atoms with E-state index in [1.807, 2.05) is 36.4 Å². The van der Waals surface area contributed by atoms with Crippen molar-refractivity contribution in [2.24, 2.45) is 0 Å². The second kappa shape index (κ2) is 5.42. The van der Waals surface area contributed by atoms with Gasteiger partial charge in [-0.3, -0.25) is 0 Å². The number of aliphatic hydroxyl groups excluding tert-OH is 1. The Hall–Kier alpha value is -2.59. The van der Waals surface area contributed by atoms with Gasteiger partial charge in [-0.15, -0.1) is 0 Å². The van der Waals surface area contributed by atoms with E-state index >= 15 is 0 Å². The molecule has 0 fully saturated rings. The van der Waals surface area contributed by atoms with E-state index in [0.717, 1.165) is 33.4 Å². The van der Waals surface area contributed by atoms with Gasteiger partial charge in [0.15, 0.2) is 5.75 Å². The lowest BCUT2D eigenvalue weighted by molar-refractivity contribution is -0.128. The molecular weight excluding hydrogens is 266 g/mol. The molecule has 0 saturated carbocycles. The number of nitrogens with one attached hydrogen (secondary N) is 1. The molecule has 0 amide bonds. The monoisotopic (exact) mass is 281 g/mol. The number of aromatic nitrogens is 1. The maximum absolute atomic E-state index is 11.6. The van der Waals surface area contributed by atoms with Crippen molar-refractivity contribution in [2.75, 3.05) is 6.61 Å². The molecule has 2 N–H and O–H groups in total. The molecule has 0 atom stereocenters. The lowest BCUT2D eigenvalue weighted by Gasteiger charge is -2.09. The number of para-hydroxylation sites is 1. The molecule has 4 nitrogen and oxygen atoms in total. The Bertz CT molecular complexity index is 833. The van der Waals surface area contributed by atoms with Gasteiger partial charge in [-0.25, -0.2) is 4.79 Å². The number of hydrogen-bond acceptors (Lipinski definition) is 3. The number of aromatic amines is 1. The molecule has 0 aliphatic carbocycles. The van der Waals surface area contributed by atoms with Crippen molar-refractivity contribution in [1.29, 1.82) is 0 Å². The molecule has 0 unspecified atom stereocenters. The van der Waals surface area contributed by atoms with Crippen LogP contribution in [0.4, 0.5) is 0 Å². The lowest BCUT2D eigenvalue weighted by atomic mass is 10.1. The molecule has 2 aromatic carbocycles. The molecule has 0 saturated heterocycles. The van der Waals surface area contributed by atoms with Crippen molar-refractivity contribution in [3.05, 3.63) is 54.6 Å². The van der Waals surface area contributed by atoms with E-state index in [4.69, 9.17) is 4.74 Å². The smallest absolute Gasteiger partial charge is 0.335 e. The number of rotatable bonds is 4. The molecular formula is C17H15NO3. The molecule has 0 bridgehead atoms. The molecule has 3 aromatic rings. The van der Waals surface area contributed by atoms with E-state index in [1.54, 1.807) is 0 Å². The number of fused-ring (bicyclic) bond motifs is 3. The molecule has 0 aliphatic heterocycles. The highest BCUT2D eigenvalue weighted by molar-refractivity contribution is 6.10. The first-order valence-corrected chi connectivity index (χ1v) is 6.72. The average molecular weight is 281 g/mol. The van der Waals surface area contributed by atoms with Gasteiger partial charge in [-0.1, -0.05) is 36.9 Å². The van der Waals surface area contributed by atoms with Gasteiger partial charge in [-0.05, 0) is 18.1 Å². The Balaban J connectivity index is 2.28. The summed E-state index contributed by atoms with van der Waals surface area (Å²) in [4.78, 5) is 14.9. The van der Waals surface area contributed by atoms with E-state index < -0.39 is 5.97 Å². The summed E-state index contributed by atoms with van der Waals surface area (Å²) in [6, 6.07) is 11.8. The van der Waals surface area contributed by atoms with Crippen LogP contribution >= 0.6 is 0 Å². The Morgan fingerprint density at radius 2 is 2.05 bits per heavy atom. The fourth-order valence-corrected chi connectivity index (χ4v) is 2.51. The number of aliphatic hydroxyl groups is 1. The summed E-state index contributed by atoms with van der Waals surface area (Å²) in [5, 5.41) is 11.2. The maximum Gasteiger partial charge on any atom is 0.335 e. The van der Waals surface area contributed by atoms with Crippen molar-refractivity contribution in [3.63, 3.8) is 0 Å². The van der Waals surface area contributed by atoms with E-state index in [2.05, 4.69) is 11.6 Å². The molecule has 1 aromatic heterocycles. The average Bonchev–Trinajstić information content (AvgIpc) is 2.88. The minimum atomic E-state index is -0.514. The lowest BCUT2D eigenvalue weighted by Crippen LogP contribution is -2.06. The summed E-state index contributed by atoms with van der Waals surface area (Å²) in [6.07, 6.45) is 1.55. The van der Waals surface area contributed by atoms with Crippen LogP contribution in [0.25, 0.3) is 21.8 Å². The van der Waals surface area contributed by atoms with Crippen LogP contribution < -0.4 is 4.74 Å². The van der Waals surface area contributed by atoms with Crippen LogP contribution in [0.3, 0.4) is 0 Å². The molecule has 106 valence electrons. The third-order valence-electron chi connectivity index (χ3n) is 3.47. The van der Waals surface area contributed by atoms with E-state index in [-0.39, 0.29) is 6.61 Å². The number of esters is 1. The first kappa shape index (κ1) is 13.4. The first-order valence-electron chi connectivity index (χ1n) is 6.72. The number of hydrogen-bond donors (Lipinski definition) is 2. The number of ether oxygens (including phenoxy) is 1. The fourth-order valence-electron chi connectivity index (χ4n) is 2.51. The van der Waals surface area contributed by atoms with Gasteiger partial charge in [0.25, 0.3) is 0 Å². The first-order chi connectivity index (χ1) is 10.2. The zero-order valence-corrected chi connectivity index (χ0v) is 11.4. The minimum Gasteiger partial charge on any atom is -0.421 e. The van der Waals surface area contributed by atoms with Gasteiger partial charge < -0.3 is 14.8 Å². The van der Waals surface area contributed by atoms with E-state index in [1.165, 1.54) is 0 Å². The summed E-state index contributed by atoms with van der Waals surface area (Å²) < 4.78 is 5.39. The molecule has 0 aliphatic rings. The second-order valence-corrected chi connectivity index (χ2v) is 4.75. The van der Waals surface area contributed by atoms with Crippen LogP contribution in [0.15, 0.2) is 49.1 Å². The summed E-state index contributed by atoms with van der Waals surface area (Å²) >= 11 is 0. The SMILES string of the molecule is C=CC(=O)Oc1c(CCO)ccc2c1[nH]c1ccccc12. The van der Waals surface area contributed by atoms with E-state index in [9.17, 15) is 9.90 Å². The number of carbonyl (C=O) groups excluding carboxylic acids is 1. The van der Waals surface area contributed by atoms with Gasteiger partial charge in [-0.2, -0.15) is 0 Å². The topological polar surface area (TPSA) is 62.3 Å². The third-order valence-corrected chi connectivity index (χ3v) is 3.47. The van der Waals surface area contributed by atoms with Gasteiger partial charge in [0.1, 0.15) is 0 Å². The van der Waals surface area contributed by atoms with Crippen molar-refractivity contribution in [2.45, 2.75) is 6.42 Å². The van der Waals surface area contributed by atoms with Gasteiger partial charge in [0.2, 0.25) is 0 Å². The molecule has 0 radical (unpaired) electrons. The Morgan fingerprint density at radius 3 is 2.81 bits per heavy atom. The molecule has 3 rings (SSSR count). The number of benzene rings is 2. The summed E-state index contributed by atoms with van der Waals surface area (Å²) in [5.41, 5.74) is 2.52. The van der Waals surface area contributed by atoms with Gasteiger partial charge in [0, 0.05) is 29.0 Å². The molecule has 4 heteroatoms. The second-order valence-electron chi connectivity index (χ2n) is 4.75. The number of carbonyl (C=O) groups is 1. The zero-order chi connectivity index (χ0) is 14.8. The highest BCUT2D eigenvalue weighted by Crippen LogP contribution is 2.34. The van der Waals surface area contributed by atoms with Crippen LogP contribution in [0, 0.1) is 0 Å². The van der Waals surface area contributed by atoms with Crippen LogP contribution in [0.2, 0.25) is 0 Å². The van der Waals surface area contributed by atoms with Crippen LogP contribution in [-0.2, 0) is 11.2 Å². The highest BCUT2D eigenvalue weighted by atomic mass is 16.5. The Kier molecular flexibility index (Phi) is 3.46. The fraction of sp³-hybridized carbons (Fsp3) is 0.118. The van der Waals surface area contributed by atoms with E-state index in [0.29, 0.717) is 12.2 Å². The van der Waals surface area contributed by atoms with Crippen LogP contribution in [-0.4, -0.2) is 22.7 Å². The standard InChI is InChI=1S/C17H15NO3/c1-2-15(20)21-17-11(9-10-19)7-8-13-12-5-3-4-6-14(12)18-16(13)17/h2-8,18-19H,1,9-10H2. The van der Waals surface area contributed by atoms with Crippen molar-refractivity contribution < 1.29 is 14.6 Å². The maximum atomic E-state index is 11.6. The van der Waals surface area contributed by atoms with Gasteiger partial charge >= 0.3 is 5.97 Å². The van der Waals surface area contributed by atoms with Crippen molar-refractivity contribution in [1.82, 2.24) is 4.98 Å². The zero-order valence-electron chi connectivity index (χ0n) is 11.4. The van der Waals surface area contributed by atoms with Crippen molar-refractivity contribution >= 4 is 27.8 Å². The van der Waals surface area contributed by atoms with Gasteiger partial charge in [0.05, 0.1) is 5.52 Å².